The normalized spacial score (nSPS) is 37.4. The zero-order valence-electron chi connectivity index (χ0n) is 7.58. The molecule has 12 heavy (non-hydrogen) atoms. The molecule has 1 heteroatoms. The van der Waals surface area contributed by atoms with Gasteiger partial charge in [0.2, 0.25) is 0 Å². The van der Waals surface area contributed by atoms with Crippen molar-refractivity contribution in [2.75, 3.05) is 0 Å². The molecule has 0 spiro atoms. The Balaban J connectivity index is 1.87. The van der Waals surface area contributed by atoms with Crippen molar-refractivity contribution in [2.24, 2.45) is 11.8 Å². The van der Waals surface area contributed by atoms with Crippen LogP contribution in [0.2, 0.25) is 0 Å². The summed E-state index contributed by atoms with van der Waals surface area (Å²) in [5.74, 6) is 1.58. The van der Waals surface area contributed by atoms with E-state index in [1.807, 2.05) is 6.08 Å². The third-order valence-electron chi connectivity index (χ3n) is 3.35. The first-order valence-corrected chi connectivity index (χ1v) is 5.22. The van der Waals surface area contributed by atoms with Crippen molar-refractivity contribution < 1.29 is 5.11 Å². The first-order valence-electron chi connectivity index (χ1n) is 5.22. The Hall–Kier alpha value is -0.300. The summed E-state index contributed by atoms with van der Waals surface area (Å²) < 4.78 is 0. The molecule has 68 valence electrons. The topological polar surface area (TPSA) is 20.2 Å². The highest BCUT2D eigenvalue weighted by atomic mass is 16.3. The van der Waals surface area contributed by atoms with E-state index in [9.17, 15) is 5.11 Å². The van der Waals surface area contributed by atoms with Crippen LogP contribution in [0.5, 0.6) is 0 Å². The zero-order valence-corrected chi connectivity index (χ0v) is 7.58. The van der Waals surface area contributed by atoms with Gasteiger partial charge in [0.1, 0.15) is 0 Å². The quantitative estimate of drug-likeness (QED) is 0.593. The Morgan fingerprint density at radius 2 is 1.75 bits per heavy atom. The smallest absolute Gasteiger partial charge is 0.0726 e. The summed E-state index contributed by atoms with van der Waals surface area (Å²) in [7, 11) is 0. The van der Waals surface area contributed by atoms with Crippen molar-refractivity contribution in [3.8, 4) is 0 Å². The van der Waals surface area contributed by atoms with Crippen LogP contribution < -0.4 is 0 Å². The Labute approximate surface area is 74.5 Å². The summed E-state index contributed by atoms with van der Waals surface area (Å²) in [5, 5.41) is 9.34. The van der Waals surface area contributed by atoms with Crippen molar-refractivity contribution in [1.29, 1.82) is 0 Å². The Bertz CT molecular complexity index is 168. The van der Waals surface area contributed by atoms with Crippen molar-refractivity contribution >= 4 is 0 Å². The Morgan fingerprint density at radius 1 is 1.00 bits per heavy atom. The van der Waals surface area contributed by atoms with E-state index in [1.54, 1.807) is 0 Å². The molecular weight excluding hydrogens is 148 g/mol. The largest absolute Gasteiger partial charge is 0.389 e. The SMILES string of the molecule is O[C@H]1C=C[C@H](C2CCCCC2)C1. The van der Waals surface area contributed by atoms with Crippen LogP contribution >= 0.6 is 0 Å². The zero-order chi connectivity index (χ0) is 8.39. The average molecular weight is 166 g/mol. The van der Waals surface area contributed by atoms with Crippen molar-refractivity contribution in [1.82, 2.24) is 0 Å². The molecule has 2 rings (SSSR count). The van der Waals surface area contributed by atoms with Crippen LogP contribution in [0.4, 0.5) is 0 Å². The Kier molecular flexibility index (Phi) is 2.50. The van der Waals surface area contributed by atoms with Crippen LogP contribution in [-0.2, 0) is 0 Å². The van der Waals surface area contributed by atoms with Gasteiger partial charge in [-0.2, -0.15) is 0 Å². The van der Waals surface area contributed by atoms with Gasteiger partial charge in [0.15, 0.2) is 0 Å². The molecular formula is C11H18O. The summed E-state index contributed by atoms with van der Waals surface area (Å²) in [5.41, 5.74) is 0. The summed E-state index contributed by atoms with van der Waals surface area (Å²) in [4.78, 5) is 0. The minimum absolute atomic E-state index is 0.142. The monoisotopic (exact) mass is 166 g/mol. The maximum atomic E-state index is 9.34. The van der Waals surface area contributed by atoms with Gasteiger partial charge in [0, 0.05) is 0 Å². The van der Waals surface area contributed by atoms with Crippen molar-refractivity contribution in [3.05, 3.63) is 12.2 Å². The number of hydrogen-bond acceptors (Lipinski definition) is 1. The minimum atomic E-state index is -0.142. The molecule has 2 atom stereocenters. The predicted octanol–water partition coefficient (Wildman–Crippen LogP) is 2.50. The van der Waals surface area contributed by atoms with E-state index in [4.69, 9.17) is 0 Å². The minimum Gasteiger partial charge on any atom is -0.389 e. The number of aliphatic hydroxyl groups is 1. The van der Waals surface area contributed by atoms with E-state index in [1.165, 1.54) is 32.1 Å². The first kappa shape index (κ1) is 8.31. The molecule has 1 N–H and O–H groups in total. The lowest BCUT2D eigenvalue weighted by molar-refractivity contribution is 0.182. The lowest BCUT2D eigenvalue weighted by Crippen LogP contribution is -2.16. The molecule has 1 fully saturated rings. The predicted molar refractivity (Wildman–Crippen MR) is 49.8 cm³/mol. The molecule has 0 heterocycles. The molecule has 0 aromatic carbocycles. The second kappa shape index (κ2) is 3.61. The van der Waals surface area contributed by atoms with Crippen LogP contribution in [0.1, 0.15) is 38.5 Å². The summed E-state index contributed by atoms with van der Waals surface area (Å²) >= 11 is 0. The first-order chi connectivity index (χ1) is 5.86. The number of allylic oxidation sites excluding steroid dienone is 1. The standard InChI is InChI=1S/C11H18O/c12-11-7-6-10(8-11)9-4-2-1-3-5-9/h6-7,9-12H,1-5,8H2/t10-,11-/m0/s1. The number of aliphatic hydroxyl groups excluding tert-OH is 1. The van der Waals surface area contributed by atoms with Gasteiger partial charge >= 0.3 is 0 Å². The van der Waals surface area contributed by atoms with Gasteiger partial charge in [-0.25, -0.2) is 0 Å². The van der Waals surface area contributed by atoms with Gasteiger partial charge < -0.3 is 5.11 Å². The maximum absolute atomic E-state index is 9.34. The van der Waals surface area contributed by atoms with Gasteiger partial charge in [0.25, 0.3) is 0 Å². The fourth-order valence-electron chi connectivity index (χ4n) is 2.62. The fraction of sp³-hybridized carbons (Fsp3) is 0.818. The fourth-order valence-corrected chi connectivity index (χ4v) is 2.62. The molecule has 2 aliphatic carbocycles. The lowest BCUT2D eigenvalue weighted by Gasteiger charge is -2.26. The summed E-state index contributed by atoms with van der Waals surface area (Å²) in [6.07, 6.45) is 12.1. The molecule has 1 nitrogen and oxygen atoms in total. The molecule has 0 aromatic heterocycles. The van der Waals surface area contributed by atoms with Crippen LogP contribution in [0.15, 0.2) is 12.2 Å². The van der Waals surface area contributed by atoms with Crippen LogP contribution in [-0.4, -0.2) is 11.2 Å². The van der Waals surface area contributed by atoms with Crippen LogP contribution in [0.3, 0.4) is 0 Å². The van der Waals surface area contributed by atoms with Crippen molar-refractivity contribution in [3.63, 3.8) is 0 Å². The second-order valence-corrected chi connectivity index (χ2v) is 4.25. The highest BCUT2D eigenvalue weighted by Crippen LogP contribution is 2.35. The summed E-state index contributed by atoms with van der Waals surface area (Å²) in [6, 6.07) is 0. The van der Waals surface area contributed by atoms with E-state index < -0.39 is 0 Å². The molecule has 0 amide bonds. The molecule has 2 aliphatic rings. The molecule has 0 saturated heterocycles. The van der Waals surface area contributed by atoms with Crippen LogP contribution in [0, 0.1) is 11.8 Å². The molecule has 0 unspecified atom stereocenters. The molecule has 0 aromatic rings. The van der Waals surface area contributed by atoms with E-state index in [2.05, 4.69) is 6.08 Å². The van der Waals surface area contributed by atoms with E-state index in [0.717, 1.165) is 12.3 Å². The number of rotatable bonds is 1. The third kappa shape index (κ3) is 1.71. The van der Waals surface area contributed by atoms with Gasteiger partial charge in [-0.05, 0) is 31.1 Å². The molecule has 0 aliphatic heterocycles. The van der Waals surface area contributed by atoms with Gasteiger partial charge in [-0.15, -0.1) is 0 Å². The van der Waals surface area contributed by atoms with Gasteiger partial charge in [0.05, 0.1) is 6.10 Å². The van der Waals surface area contributed by atoms with Gasteiger partial charge in [-0.3, -0.25) is 0 Å². The van der Waals surface area contributed by atoms with E-state index >= 15 is 0 Å². The average Bonchev–Trinajstić information content (AvgIpc) is 2.54. The lowest BCUT2D eigenvalue weighted by atomic mass is 9.80. The molecule has 0 radical (unpaired) electrons. The summed E-state index contributed by atoms with van der Waals surface area (Å²) in [6.45, 7) is 0. The van der Waals surface area contributed by atoms with E-state index in [-0.39, 0.29) is 6.10 Å². The number of hydrogen-bond donors (Lipinski definition) is 1. The van der Waals surface area contributed by atoms with Crippen molar-refractivity contribution in [2.45, 2.75) is 44.6 Å². The molecule has 1 saturated carbocycles. The van der Waals surface area contributed by atoms with Gasteiger partial charge in [-0.1, -0.05) is 31.4 Å². The highest BCUT2D eigenvalue weighted by Gasteiger charge is 2.26. The third-order valence-corrected chi connectivity index (χ3v) is 3.35. The Morgan fingerprint density at radius 3 is 2.33 bits per heavy atom. The highest BCUT2D eigenvalue weighted by molar-refractivity contribution is 5.04. The van der Waals surface area contributed by atoms with Crippen LogP contribution in [0.25, 0.3) is 0 Å². The van der Waals surface area contributed by atoms with E-state index in [0.29, 0.717) is 5.92 Å². The maximum Gasteiger partial charge on any atom is 0.0726 e. The molecule has 0 bridgehead atoms. The second-order valence-electron chi connectivity index (χ2n) is 4.25.